The normalized spacial score (nSPS) is 16.5. The standard InChI is InChI=1S/C20H23N5OS/c1-24(2)16-6-3-5-14(11-16)20(26)21-15-8-9-25(13-15)19-12-17(22-23-19)18-7-4-10-27-18/h3-7,10-12,15H,8-9,13H2,1-2H3,(H,21,26)(H,22,23)/t15-/m1/s1. The Bertz CT molecular complexity index is 918. The molecule has 7 heteroatoms. The first kappa shape index (κ1) is 17.6. The van der Waals surface area contributed by atoms with E-state index >= 15 is 0 Å². The van der Waals surface area contributed by atoms with Crippen LogP contribution in [0.4, 0.5) is 11.5 Å². The van der Waals surface area contributed by atoms with Crippen LogP contribution in [0.2, 0.25) is 0 Å². The number of nitrogens with one attached hydrogen (secondary N) is 2. The van der Waals surface area contributed by atoms with Crippen LogP contribution in [0, 0.1) is 0 Å². The lowest BCUT2D eigenvalue weighted by atomic mass is 10.1. The fraction of sp³-hybridized carbons (Fsp3) is 0.300. The molecule has 140 valence electrons. The highest BCUT2D eigenvalue weighted by atomic mass is 32.1. The number of carbonyl (C=O) groups excluding carboxylic acids is 1. The second-order valence-electron chi connectivity index (χ2n) is 6.97. The van der Waals surface area contributed by atoms with Crippen LogP contribution in [-0.2, 0) is 0 Å². The van der Waals surface area contributed by atoms with Gasteiger partial charge < -0.3 is 15.1 Å². The van der Waals surface area contributed by atoms with E-state index in [1.54, 1.807) is 11.3 Å². The Balaban J connectivity index is 1.38. The van der Waals surface area contributed by atoms with Gasteiger partial charge in [0.05, 0.1) is 10.6 Å². The van der Waals surface area contributed by atoms with Gasteiger partial charge in [-0.2, -0.15) is 5.10 Å². The Kier molecular flexibility index (Phi) is 4.85. The van der Waals surface area contributed by atoms with Gasteiger partial charge in [-0.05, 0) is 36.1 Å². The molecule has 4 rings (SSSR count). The molecule has 0 saturated carbocycles. The number of benzene rings is 1. The van der Waals surface area contributed by atoms with Gasteiger partial charge in [-0.15, -0.1) is 11.3 Å². The monoisotopic (exact) mass is 381 g/mol. The van der Waals surface area contributed by atoms with Crippen LogP contribution in [0.1, 0.15) is 16.8 Å². The highest BCUT2D eigenvalue weighted by molar-refractivity contribution is 7.13. The van der Waals surface area contributed by atoms with E-state index in [2.05, 4.69) is 37.9 Å². The number of anilines is 2. The summed E-state index contributed by atoms with van der Waals surface area (Å²) in [5.41, 5.74) is 2.75. The predicted molar refractivity (Wildman–Crippen MR) is 111 cm³/mol. The molecular formula is C20H23N5OS. The van der Waals surface area contributed by atoms with Crippen molar-refractivity contribution in [3.05, 3.63) is 53.4 Å². The van der Waals surface area contributed by atoms with Crippen LogP contribution >= 0.6 is 11.3 Å². The predicted octanol–water partition coefficient (Wildman–Crippen LogP) is 3.21. The molecule has 1 amide bonds. The van der Waals surface area contributed by atoms with Gasteiger partial charge >= 0.3 is 0 Å². The highest BCUT2D eigenvalue weighted by Gasteiger charge is 2.26. The summed E-state index contributed by atoms with van der Waals surface area (Å²) in [7, 11) is 3.94. The second-order valence-corrected chi connectivity index (χ2v) is 7.91. The molecule has 6 nitrogen and oxygen atoms in total. The minimum atomic E-state index is -0.0214. The van der Waals surface area contributed by atoms with Crippen molar-refractivity contribution >= 4 is 28.7 Å². The topological polar surface area (TPSA) is 64.3 Å². The quantitative estimate of drug-likeness (QED) is 0.712. The molecule has 1 saturated heterocycles. The minimum Gasteiger partial charge on any atom is -0.378 e. The van der Waals surface area contributed by atoms with Crippen molar-refractivity contribution < 1.29 is 4.79 Å². The van der Waals surface area contributed by atoms with Crippen LogP contribution in [0.15, 0.2) is 47.8 Å². The Morgan fingerprint density at radius 3 is 2.96 bits per heavy atom. The number of H-pyrrole nitrogens is 1. The molecule has 2 aromatic heterocycles. The molecular weight excluding hydrogens is 358 g/mol. The van der Waals surface area contributed by atoms with Crippen molar-refractivity contribution in [1.29, 1.82) is 0 Å². The first-order valence-electron chi connectivity index (χ1n) is 9.02. The zero-order chi connectivity index (χ0) is 18.8. The number of nitrogens with zero attached hydrogens (tertiary/aromatic N) is 3. The summed E-state index contributed by atoms with van der Waals surface area (Å²) in [6, 6.07) is 14.0. The highest BCUT2D eigenvalue weighted by Crippen LogP contribution is 2.27. The molecule has 1 atom stereocenters. The maximum absolute atomic E-state index is 12.6. The molecule has 27 heavy (non-hydrogen) atoms. The SMILES string of the molecule is CN(C)c1cccc(C(=O)N[C@@H]2CCN(c3cc(-c4cccs4)[nH]n3)C2)c1. The van der Waals surface area contributed by atoms with Crippen LogP contribution in [0.5, 0.6) is 0 Å². The van der Waals surface area contributed by atoms with Gasteiger partial charge in [-0.3, -0.25) is 9.89 Å². The second kappa shape index (κ2) is 7.44. The fourth-order valence-electron chi connectivity index (χ4n) is 3.31. The summed E-state index contributed by atoms with van der Waals surface area (Å²) in [6.45, 7) is 1.66. The van der Waals surface area contributed by atoms with E-state index in [0.717, 1.165) is 36.7 Å². The third-order valence-electron chi connectivity index (χ3n) is 4.82. The van der Waals surface area contributed by atoms with Crippen molar-refractivity contribution in [1.82, 2.24) is 15.5 Å². The number of rotatable bonds is 5. The zero-order valence-corrected chi connectivity index (χ0v) is 16.3. The number of aromatic nitrogens is 2. The maximum Gasteiger partial charge on any atom is 0.251 e. The summed E-state index contributed by atoms with van der Waals surface area (Å²) in [5, 5.41) is 12.8. The number of hydrogen-bond acceptors (Lipinski definition) is 5. The van der Waals surface area contributed by atoms with E-state index in [0.29, 0.717) is 5.56 Å². The third-order valence-corrected chi connectivity index (χ3v) is 5.73. The molecule has 0 bridgehead atoms. The fourth-order valence-corrected chi connectivity index (χ4v) is 4.00. The summed E-state index contributed by atoms with van der Waals surface area (Å²) in [5.74, 6) is 0.914. The lowest BCUT2D eigenvalue weighted by Crippen LogP contribution is -2.37. The average molecular weight is 382 g/mol. The Hall–Kier alpha value is -2.80. The molecule has 3 aromatic rings. The molecule has 1 aliphatic heterocycles. The summed E-state index contributed by atoms with van der Waals surface area (Å²) < 4.78 is 0. The lowest BCUT2D eigenvalue weighted by molar-refractivity contribution is 0.0940. The number of hydrogen-bond donors (Lipinski definition) is 2. The van der Waals surface area contributed by atoms with Crippen molar-refractivity contribution in [2.24, 2.45) is 0 Å². The smallest absolute Gasteiger partial charge is 0.251 e. The maximum atomic E-state index is 12.6. The summed E-state index contributed by atoms with van der Waals surface area (Å²) >= 11 is 1.69. The van der Waals surface area contributed by atoms with Crippen molar-refractivity contribution in [2.75, 3.05) is 37.0 Å². The number of carbonyl (C=O) groups is 1. The Labute approximate surface area is 162 Å². The van der Waals surface area contributed by atoms with Gasteiger partial charge in [-0.25, -0.2) is 0 Å². The molecule has 1 aliphatic rings. The largest absolute Gasteiger partial charge is 0.378 e. The molecule has 0 radical (unpaired) electrons. The number of thiophene rings is 1. The Morgan fingerprint density at radius 1 is 1.30 bits per heavy atom. The lowest BCUT2D eigenvalue weighted by Gasteiger charge is -2.17. The van der Waals surface area contributed by atoms with Gasteiger partial charge in [0.25, 0.3) is 5.91 Å². The van der Waals surface area contributed by atoms with Crippen molar-refractivity contribution in [3.63, 3.8) is 0 Å². The molecule has 0 spiro atoms. The first-order valence-corrected chi connectivity index (χ1v) is 9.90. The van der Waals surface area contributed by atoms with Gasteiger partial charge in [-0.1, -0.05) is 12.1 Å². The number of aromatic amines is 1. The Morgan fingerprint density at radius 2 is 2.19 bits per heavy atom. The van der Waals surface area contributed by atoms with E-state index in [4.69, 9.17) is 0 Å². The third kappa shape index (κ3) is 3.83. The van der Waals surface area contributed by atoms with Crippen LogP contribution in [-0.4, -0.2) is 49.3 Å². The molecule has 1 fully saturated rings. The van der Waals surface area contributed by atoms with Gasteiger partial charge in [0.15, 0.2) is 5.82 Å². The minimum absolute atomic E-state index is 0.0214. The average Bonchev–Trinajstić information content (AvgIpc) is 3.42. The van der Waals surface area contributed by atoms with Gasteiger partial charge in [0, 0.05) is 50.5 Å². The van der Waals surface area contributed by atoms with Crippen LogP contribution in [0.25, 0.3) is 10.6 Å². The first-order chi connectivity index (χ1) is 13.1. The van der Waals surface area contributed by atoms with E-state index in [9.17, 15) is 4.79 Å². The molecule has 2 N–H and O–H groups in total. The van der Waals surface area contributed by atoms with Crippen molar-refractivity contribution in [2.45, 2.75) is 12.5 Å². The zero-order valence-electron chi connectivity index (χ0n) is 15.5. The molecule has 0 aliphatic carbocycles. The van der Waals surface area contributed by atoms with E-state index in [1.165, 1.54) is 4.88 Å². The van der Waals surface area contributed by atoms with Crippen molar-refractivity contribution in [3.8, 4) is 10.6 Å². The molecule has 1 aromatic carbocycles. The summed E-state index contributed by atoms with van der Waals surface area (Å²) in [6.07, 6.45) is 0.917. The van der Waals surface area contributed by atoms with E-state index in [1.807, 2.05) is 49.3 Å². The molecule has 3 heterocycles. The van der Waals surface area contributed by atoms with E-state index in [-0.39, 0.29) is 11.9 Å². The van der Waals surface area contributed by atoms with Gasteiger partial charge in [0.1, 0.15) is 0 Å². The van der Waals surface area contributed by atoms with Gasteiger partial charge in [0.2, 0.25) is 0 Å². The van der Waals surface area contributed by atoms with Crippen LogP contribution in [0.3, 0.4) is 0 Å². The number of amides is 1. The summed E-state index contributed by atoms with van der Waals surface area (Å²) in [4.78, 5) is 18.0. The van der Waals surface area contributed by atoms with Crippen LogP contribution < -0.4 is 15.1 Å². The van der Waals surface area contributed by atoms with E-state index < -0.39 is 0 Å². The molecule has 0 unspecified atom stereocenters.